The van der Waals surface area contributed by atoms with Crippen LogP contribution < -0.4 is 10.6 Å². The van der Waals surface area contributed by atoms with Crippen LogP contribution in [-0.4, -0.2) is 23.5 Å². The Hall–Kier alpha value is -1.58. The molecule has 0 atom stereocenters. The standard InChI is InChI=1S/C15H25N3O/c1-14(2,3)10-15(4,5)18-13(19)12-8-7-11(16-6)9-17-12/h7-9,16H,10H2,1-6H3,(H,18,19). The van der Waals surface area contributed by atoms with Crippen molar-refractivity contribution in [3.05, 3.63) is 24.0 Å². The van der Waals surface area contributed by atoms with Gasteiger partial charge in [-0.1, -0.05) is 20.8 Å². The zero-order chi connectivity index (χ0) is 14.7. The van der Waals surface area contributed by atoms with E-state index in [0.717, 1.165) is 12.1 Å². The lowest BCUT2D eigenvalue weighted by molar-refractivity contribution is 0.0886. The molecule has 0 spiro atoms. The fraction of sp³-hybridized carbons (Fsp3) is 0.600. The van der Waals surface area contributed by atoms with E-state index in [1.165, 1.54) is 0 Å². The Labute approximate surface area is 116 Å². The summed E-state index contributed by atoms with van der Waals surface area (Å²) in [7, 11) is 1.82. The van der Waals surface area contributed by atoms with E-state index in [2.05, 4.69) is 36.4 Å². The van der Waals surface area contributed by atoms with Crippen LogP contribution in [-0.2, 0) is 0 Å². The molecule has 4 nitrogen and oxygen atoms in total. The molecule has 106 valence electrons. The average Bonchev–Trinajstić information content (AvgIpc) is 2.25. The van der Waals surface area contributed by atoms with Gasteiger partial charge in [0.15, 0.2) is 0 Å². The van der Waals surface area contributed by atoms with Crippen LogP contribution in [0.1, 0.15) is 51.5 Å². The predicted molar refractivity (Wildman–Crippen MR) is 79.4 cm³/mol. The number of nitrogens with one attached hydrogen (secondary N) is 2. The van der Waals surface area contributed by atoms with E-state index >= 15 is 0 Å². The third kappa shape index (κ3) is 5.28. The van der Waals surface area contributed by atoms with Crippen LogP contribution in [0.3, 0.4) is 0 Å². The summed E-state index contributed by atoms with van der Waals surface area (Å²) in [5.41, 5.74) is 1.25. The molecule has 1 heterocycles. The van der Waals surface area contributed by atoms with Crippen molar-refractivity contribution in [1.29, 1.82) is 0 Å². The van der Waals surface area contributed by atoms with Gasteiger partial charge in [-0.3, -0.25) is 4.79 Å². The van der Waals surface area contributed by atoms with Gasteiger partial charge < -0.3 is 10.6 Å². The van der Waals surface area contributed by atoms with Crippen molar-refractivity contribution in [3.63, 3.8) is 0 Å². The normalized spacial score (nSPS) is 12.1. The number of aromatic nitrogens is 1. The molecule has 0 saturated heterocycles. The van der Waals surface area contributed by atoms with Crippen molar-refractivity contribution in [2.24, 2.45) is 5.41 Å². The second-order valence-electron chi connectivity index (χ2n) is 6.76. The molecular formula is C15H25N3O. The molecule has 0 aliphatic heterocycles. The highest BCUT2D eigenvalue weighted by atomic mass is 16.2. The second-order valence-corrected chi connectivity index (χ2v) is 6.76. The zero-order valence-electron chi connectivity index (χ0n) is 12.8. The molecular weight excluding hydrogens is 238 g/mol. The molecule has 1 amide bonds. The van der Waals surface area contributed by atoms with Crippen LogP contribution >= 0.6 is 0 Å². The van der Waals surface area contributed by atoms with Gasteiger partial charge in [0, 0.05) is 12.6 Å². The number of rotatable bonds is 4. The first-order valence-electron chi connectivity index (χ1n) is 6.59. The molecule has 0 unspecified atom stereocenters. The van der Waals surface area contributed by atoms with E-state index < -0.39 is 0 Å². The number of hydrogen-bond acceptors (Lipinski definition) is 3. The number of anilines is 1. The Morgan fingerprint density at radius 2 is 1.84 bits per heavy atom. The van der Waals surface area contributed by atoms with Gasteiger partial charge in [-0.2, -0.15) is 0 Å². The number of hydrogen-bond donors (Lipinski definition) is 2. The van der Waals surface area contributed by atoms with Crippen molar-refractivity contribution in [2.45, 2.75) is 46.6 Å². The van der Waals surface area contributed by atoms with Crippen LogP contribution in [0.25, 0.3) is 0 Å². The van der Waals surface area contributed by atoms with Crippen molar-refractivity contribution >= 4 is 11.6 Å². The van der Waals surface area contributed by atoms with Gasteiger partial charge >= 0.3 is 0 Å². The molecule has 0 saturated carbocycles. The molecule has 0 radical (unpaired) electrons. The number of pyridine rings is 1. The maximum atomic E-state index is 12.2. The molecule has 19 heavy (non-hydrogen) atoms. The summed E-state index contributed by atoms with van der Waals surface area (Å²) in [6.07, 6.45) is 2.56. The van der Waals surface area contributed by atoms with Gasteiger partial charge in [0.2, 0.25) is 0 Å². The predicted octanol–water partition coefficient (Wildman–Crippen LogP) is 3.07. The quantitative estimate of drug-likeness (QED) is 0.877. The van der Waals surface area contributed by atoms with E-state index in [0.29, 0.717) is 5.69 Å². The third-order valence-corrected chi connectivity index (χ3v) is 2.71. The van der Waals surface area contributed by atoms with Gasteiger partial charge in [0.05, 0.1) is 11.9 Å². The molecule has 0 fully saturated rings. The average molecular weight is 263 g/mol. The summed E-state index contributed by atoms with van der Waals surface area (Å²) in [6.45, 7) is 10.6. The van der Waals surface area contributed by atoms with Crippen LogP contribution in [0, 0.1) is 5.41 Å². The summed E-state index contributed by atoms with van der Waals surface area (Å²) in [4.78, 5) is 16.3. The SMILES string of the molecule is CNc1ccc(C(=O)NC(C)(C)CC(C)(C)C)nc1. The molecule has 0 aromatic carbocycles. The molecule has 1 aromatic rings. The largest absolute Gasteiger partial charge is 0.387 e. The van der Waals surface area contributed by atoms with E-state index in [1.54, 1.807) is 12.3 Å². The maximum Gasteiger partial charge on any atom is 0.270 e. The third-order valence-electron chi connectivity index (χ3n) is 2.71. The number of amides is 1. The van der Waals surface area contributed by atoms with Gasteiger partial charge in [-0.25, -0.2) is 4.98 Å². The van der Waals surface area contributed by atoms with E-state index in [-0.39, 0.29) is 16.9 Å². The lowest BCUT2D eigenvalue weighted by atomic mass is 9.82. The summed E-state index contributed by atoms with van der Waals surface area (Å²) in [5, 5.41) is 6.02. The topological polar surface area (TPSA) is 54.0 Å². The van der Waals surface area contributed by atoms with Crippen LogP contribution in [0.4, 0.5) is 5.69 Å². The maximum absolute atomic E-state index is 12.2. The number of carbonyl (C=O) groups excluding carboxylic acids is 1. The Kier molecular flexibility index (Phi) is 4.56. The lowest BCUT2D eigenvalue weighted by Gasteiger charge is -2.33. The first-order valence-corrected chi connectivity index (χ1v) is 6.59. The van der Waals surface area contributed by atoms with Crippen LogP contribution in [0.5, 0.6) is 0 Å². The van der Waals surface area contributed by atoms with Crippen molar-refractivity contribution in [2.75, 3.05) is 12.4 Å². The first-order chi connectivity index (χ1) is 8.63. The molecule has 0 aliphatic rings. The Morgan fingerprint density at radius 1 is 1.21 bits per heavy atom. The van der Waals surface area contributed by atoms with Gasteiger partial charge in [-0.05, 0) is 37.8 Å². The highest BCUT2D eigenvalue weighted by Gasteiger charge is 2.27. The summed E-state index contributed by atoms with van der Waals surface area (Å²) < 4.78 is 0. The van der Waals surface area contributed by atoms with Crippen molar-refractivity contribution in [1.82, 2.24) is 10.3 Å². The van der Waals surface area contributed by atoms with E-state index in [1.807, 2.05) is 27.0 Å². The van der Waals surface area contributed by atoms with Crippen LogP contribution in [0.15, 0.2) is 18.3 Å². The Balaban J connectivity index is 2.72. The van der Waals surface area contributed by atoms with Crippen LogP contribution in [0.2, 0.25) is 0 Å². The summed E-state index contributed by atoms with van der Waals surface area (Å²) in [5.74, 6) is -0.128. The minimum absolute atomic E-state index is 0.128. The molecule has 0 bridgehead atoms. The van der Waals surface area contributed by atoms with Crippen molar-refractivity contribution < 1.29 is 4.79 Å². The van der Waals surface area contributed by atoms with Gasteiger partial charge in [0.1, 0.15) is 5.69 Å². The summed E-state index contributed by atoms with van der Waals surface area (Å²) in [6, 6.07) is 3.58. The molecule has 4 heteroatoms. The molecule has 1 aromatic heterocycles. The fourth-order valence-corrected chi connectivity index (χ4v) is 2.42. The minimum atomic E-state index is -0.251. The molecule has 0 aliphatic carbocycles. The van der Waals surface area contributed by atoms with E-state index in [9.17, 15) is 4.79 Å². The number of nitrogens with zero attached hydrogens (tertiary/aromatic N) is 1. The van der Waals surface area contributed by atoms with E-state index in [4.69, 9.17) is 0 Å². The van der Waals surface area contributed by atoms with Gasteiger partial charge in [0.25, 0.3) is 5.91 Å². The Morgan fingerprint density at radius 3 is 2.26 bits per heavy atom. The molecule has 1 rings (SSSR count). The highest BCUT2D eigenvalue weighted by molar-refractivity contribution is 5.92. The Bertz CT molecular complexity index is 430. The number of carbonyl (C=O) groups is 1. The minimum Gasteiger partial charge on any atom is -0.387 e. The second kappa shape index (κ2) is 5.59. The highest BCUT2D eigenvalue weighted by Crippen LogP contribution is 2.26. The summed E-state index contributed by atoms with van der Waals surface area (Å²) >= 11 is 0. The first kappa shape index (κ1) is 15.5. The zero-order valence-corrected chi connectivity index (χ0v) is 12.8. The lowest BCUT2D eigenvalue weighted by Crippen LogP contribution is -2.46. The van der Waals surface area contributed by atoms with Gasteiger partial charge in [-0.15, -0.1) is 0 Å². The molecule has 2 N–H and O–H groups in total. The smallest absolute Gasteiger partial charge is 0.270 e. The monoisotopic (exact) mass is 263 g/mol. The fourth-order valence-electron chi connectivity index (χ4n) is 2.42. The van der Waals surface area contributed by atoms with Crippen molar-refractivity contribution in [3.8, 4) is 0 Å².